The maximum atomic E-state index is 12.0. The van der Waals surface area contributed by atoms with E-state index in [9.17, 15) is 14.7 Å². The number of aliphatic hydroxyl groups is 1. The molecule has 0 aromatic heterocycles. The normalized spacial score (nSPS) is 11.5. The van der Waals surface area contributed by atoms with E-state index in [1.165, 1.54) is 0 Å². The molecule has 0 fully saturated rings. The van der Waals surface area contributed by atoms with Crippen LogP contribution in [0, 0.1) is 0 Å². The SMILES string of the molecule is COc1ccc(CCNC(=O)CCC(O)CC(=O)NCCc2ccccc2)cc1OC. The van der Waals surface area contributed by atoms with Gasteiger partial charge in [-0.25, -0.2) is 0 Å². The fraction of sp³-hybridized carbons (Fsp3) is 0.417. The van der Waals surface area contributed by atoms with Gasteiger partial charge in [-0.1, -0.05) is 36.4 Å². The molecule has 1 unspecified atom stereocenters. The Morgan fingerprint density at radius 1 is 0.871 bits per heavy atom. The van der Waals surface area contributed by atoms with Crippen molar-refractivity contribution in [1.82, 2.24) is 10.6 Å². The smallest absolute Gasteiger partial charge is 0.222 e. The zero-order valence-electron chi connectivity index (χ0n) is 18.2. The summed E-state index contributed by atoms with van der Waals surface area (Å²) in [6, 6.07) is 15.5. The number of hydrogen-bond acceptors (Lipinski definition) is 5. The van der Waals surface area contributed by atoms with Crippen molar-refractivity contribution < 1.29 is 24.2 Å². The zero-order chi connectivity index (χ0) is 22.5. The van der Waals surface area contributed by atoms with Gasteiger partial charge in [0.05, 0.1) is 26.7 Å². The number of aliphatic hydroxyl groups excluding tert-OH is 1. The molecule has 0 aliphatic carbocycles. The fourth-order valence-electron chi connectivity index (χ4n) is 3.15. The van der Waals surface area contributed by atoms with Crippen LogP contribution in [0.15, 0.2) is 48.5 Å². The molecule has 0 saturated carbocycles. The third-order valence-electron chi connectivity index (χ3n) is 4.89. The van der Waals surface area contributed by atoms with Crippen LogP contribution in [0.2, 0.25) is 0 Å². The molecule has 2 rings (SSSR count). The Bertz CT molecular complexity index is 826. The number of carbonyl (C=O) groups is 2. The molecule has 7 heteroatoms. The van der Waals surface area contributed by atoms with Crippen LogP contribution in [0.25, 0.3) is 0 Å². The molecular formula is C24H32N2O5. The maximum Gasteiger partial charge on any atom is 0.222 e. The minimum atomic E-state index is -0.840. The highest BCUT2D eigenvalue weighted by molar-refractivity contribution is 5.77. The Hall–Kier alpha value is -3.06. The molecule has 3 N–H and O–H groups in total. The molecule has 2 aromatic carbocycles. The van der Waals surface area contributed by atoms with Gasteiger partial charge in [0.2, 0.25) is 11.8 Å². The molecule has 0 spiro atoms. The van der Waals surface area contributed by atoms with Crippen LogP contribution in [0.1, 0.15) is 30.4 Å². The first-order chi connectivity index (χ1) is 15.0. The van der Waals surface area contributed by atoms with Crippen molar-refractivity contribution in [1.29, 1.82) is 0 Å². The molecule has 168 valence electrons. The third-order valence-corrected chi connectivity index (χ3v) is 4.89. The summed E-state index contributed by atoms with van der Waals surface area (Å²) in [4.78, 5) is 23.9. The van der Waals surface area contributed by atoms with Gasteiger partial charge in [-0.2, -0.15) is 0 Å². The van der Waals surface area contributed by atoms with E-state index in [0.717, 1.165) is 17.5 Å². The van der Waals surface area contributed by atoms with E-state index in [0.29, 0.717) is 31.0 Å². The molecule has 31 heavy (non-hydrogen) atoms. The second kappa shape index (κ2) is 13.3. The maximum absolute atomic E-state index is 12.0. The van der Waals surface area contributed by atoms with Crippen molar-refractivity contribution in [2.24, 2.45) is 0 Å². The quantitative estimate of drug-likeness (QED) is 0.455. The summed E-state index contributed by atoms with van der Waals surface area (Å²) < 4.78 is 10.5. The number of rotatable bonds is 13. The summed E-state index contributed by atoms with van der Waals surface area (Å²) in [6.07, 6.45) is 0.962. The first kappa shape index (κ1) is 24.2. The largest absolute Gasteiger partial charge is 0.493 e. The molecule has 1 atom stereocenters. The molecule has 0 bridgehead atoms. The summed E-state index contributed by atoms with van der Waals surface area (Å²) >= 11 is 0. The average molecular weight is 429 g/mol. The summed E-state index contributed by atoms with van der Waals surface area (Å²) in [5.74, 6) is 0.950. The lowest BCUT2D eigenvalue weighted by molar-refractivity contribution is -0.125. The van der Waals surface area contributed by atoms with Crippen LogP contribution in [0.4, 0.5) is 0 Å². The van der Waals surface area contributed by atoms with Crippen LogP contribution in [0.5, 0.6) is 11.5 Å². The number of ether oxygens (including phenoxy) is 2. The molecule has 0 aliphatic heterocycles. The van der Waals surface area contributed by atoms with Crippen LogP contribution in [0.3, 0.4) is 0 Å². The predicted molar refractivity (Wildman–Crippen MR) is 119 cm³/mol. The van der Waals surface area contributed by atoms with Crippen LogP contribution < -0.4 is 20.1 Å². The Labute approximate surface area is 183 Å². The van der Waals surface area contributed by atoms with Crippen molar-refractivity contribution >= 4 is 11.8 Å². The lowest BCUT2D eigenvalue weighted by atomic mass is 10.1. The predicted octanol–water partition coefficient (Wildman–Crippen LogP) is 2.25. The number of hydrogen-bond donors (Lipinski definition) is 3. The van der Waals surface area contributed by atoms with Gasteiger partial charge in [-0.3, -0.25) is 9.59 Å². The number of nitrogens with one attached hydrogen (secondary N) is 2. The summed E-state index contributed by atoms with van der Waals surface area (Å²) in [5, 5.41) is 15.7. The Kier molecular flexibility index (Phi) is 10.4. The topological polar surface area (TPSA) is 96.9 Å². The molecule has 0 radical (unpaired) electrons. The second-order valence-electron chi connectivity index (χ2n) is 7.27. The molecule has 7 nitrogen and oxygen atoms in total. The van der Waals surface area contributed by atoms with Gasteiger partial charge >= 0.3 is 0 Å². The summed E-state index contributed by atoms with van der Waals surface area (Å²) in [7, 11) is 3.17. The third kappa shape index (κ3) is 9.09. The highest BCUT2D eigenvalue weighted by atomic mass is 16.5. The molecule has 0 saturated heterocycles. The van der Waals surface area contributed by atoms with Gasteiger partial charge in [0.1, 0.15) is 0 Å². The minimum Gasteiger partial charge on any atom is -0.493 e. The summed E-state index contributed by atoms with van der Waals surface area (Å²) in [5.41, 5.74) is 2.17. The number of amides is 2. The minimum absolute atomic E-state index is 0.00624. The number of methoxy groups -OCH3 is 2. The van der Waals surface area contributed by atoms with Gasteiger partial charge in [-0.05, 0) is 42.5 Å². The van der Waals surface area contributed by atoms with E-state index in [4.69, 9.17) is 9.47 Å². The molecule has 2 amide bonds. The van der Waals surface area contributed by atoms with Crippen LogP contribution >= 0.6 is 0 Å². The highest BCUT2D eigenvalue weighted by Gasteiger charge is 2.13. The number of benzene rings is 2. The summed E-state index contributed by atoms with van der Waals surface area (Å²) in [6.45, 7) is 0.997. The van der Waals surface area contributed by atoms with E-state index >= 15 is 0 Å². The Balaban J connectivity index is 1.59. The Morgan fingerprint density at radius 2 is 1.52 bits per heavy atom. The van der Waals surface area contributed by atoms with Gasteiger partial charge in [-0.15, -0.1) is 0 Å². The molecule has 0 heterocycles. The van der Waals surface area contributed by atoms with Gasteiger partial charge in [0.15, 0.2) is 11.5 Å². The van der Waals surface area contributed by atoms with Crippen molar-refractivity contribution in [2.75, 3.05) is 27.3 Å². The van der Waals surface area contributed by atoms with E-state index in [1.807, 2.05) is 48.5 Å². The lowest BCUT2D eigenvalue weighted by Gasteiger charge is -2.12. The van der Waals surface area contributed by atoms with Crippen molar-refractivity contribution in [3.05, 3.63) is 59.7 Å². The molecular weight excluding hydrogens is 396 g/mol. The average Bonchev–Trinajstić information content (AvgIpc) is 2.78. The first-order valence-corrected chi connectivity index (χ1v) is 10.5. The monoisotopic (exact) mass is 428 g/mol. The molecule has 2 aromatic rings. The highest BCUT2D eigenvalue weighted by Crippen LogP contribution is 2.27. The van der Waals surface area contributed by atoms with E-state index in [1.54, 1.807) is 14.2 Å². The standard InChI is InChI=1S/C24H32N2O5/c1-30-21-10-8-19(16-22(21)31-2)13-15-25-23(28)11-9-20(27)17-24(29)26-14-12-18-6-4-3-5-7-18/h3-8,10,16,20,27H,9,11-15,17H2,1-2H3,(H,25,28)(H,26,29). The second-order valence-corrected chi connectivity index (χ2v) is 7.27. The number of carbonyl (C=O) groups excluding carboxylic acids is 2. The Morgan fingerprint density at radius 3 is 2.19 bits per heavy atom. The van der Waals surface area contributed by atoms with Gasteiger partial charge < -0.3 is 25.2 Å². The van der Waals surface area contributed by atoms with Gasteiger partial charge in [0.25, 0.3) is 0 Å². The zero-order valence-corrected chi connectivity index (χ0v) is 18.2. The van der Waals surface area contributed by atoms with Gasteiger partial charge in [0, 0.05) is 19.5 Å². The van der Waals surface area contributed by atoms with Crippen molar-refractivity contribution in [3.8, 4) is 11.5 Å². The van der Waals surface area contributed by atoms with Crippen LogP contribution in [-0.2, 0) is 22.4 Å². The van der Waals surface area contributed by atoms with Crippen molar-refractivity contribution in [2.45, 2.75) is 38.2 Å². The van der Waals surface area contributed by atoms with E-state index < -0.39 is 6.10 Å². The molecule has 0 aliphatic rings. The van der Waals surface area contributed by atoms with E-state index in [2.05, 4.69) is 10.6 Å². The first-order valence-electron chi connectivity index (χ1n) is 10.5. The lowest BCUT2D eigenvalue weighted by Crippen LogP contribution is -2.30. The van der Waals surface area contributed by atoms with E-state index in [-0.39, 0.29) is 31.1 Å². The fourth-order valence-corrected chi connectivity index (χ4v) is 3.15. The van der Waals surface area contributed by atoms with Crippen LogP contribution in [-0.4, -0.2) is 50.3 Å². The van der Waals surface area contributed by atoms with Crippen molar-refractivity contribution in [3.63, 3.8) is 0 Å².